The molecule has 0 radical (unpaired) electrons. The highest BCUT2D eigenvalue weighted by Crippen LogP contribution is 2.32. The van der Waals surface area contributed by atoms with E-state index in [1.165, 1.54) is 58.4 Å². The molecule has 1 saturated carbocycles. The van der Waals surface area contributed by atoms with E-state index >= 15 is 0 Å². The Bertz CT molecular complexity index is 271. The van der Waals surface area contributed by atoms with Crippen LogP contribution in [0.25, 0.3) is 0 Å². The number of nitrogens with one attached hydrogen (secondary N) is 1. The maximum Gasteiger partial charge on any atom is 0.0133 e. The Balaban J connectivity index is 1.65. The fourth-order valence-electron chi connectivity index (χ4n) is 3.71. The fourth-order valence-corrected chi connectivity index (χ4v) is 3.71. The molecular weight excluding hydrogens is 246 g/mol. The lowest BCUT2D eigenvalue weighted by Crippen LogP contribution is -2.51. The van der Waals surface area contributed by atoms with E-state index in [1.807, 2.05) is 0 Å². The second kappa shape index (κ2) is 7.77. The van der Waals surface area contributed by atoms with Gasteiger partial charge >= 0.3 is 0 Å². The van der Waals surface area contributed by atoms with Crippen molar-refractivity contribution in [3.05, 3.63) is 0 Å². The van der Waals surface area contributed by atoms with E-state index in [-0.39, 0.29) is 0 Å². The lowest BCUT2D eigenvalue weighted by Gasteiger charge is -2.45. The van der Waals surface area contributed by atoms with E-state index in [1.54, 1.807) is 0 Å². The van der Waals surface area contributed by atoms with Crippen molar-refractivity contribution in [3.63, 3.8) is 0 Å². The minimum Gasteiger partial charge on any atom is -0.316 e. The van der Waals surface area contributed by atoms with E-state index in [2.05, 4.69) is 43.1 Å². The Labute approximate surface area is 126 Å². The molecule has 0 spiro atoms. The Kier molecular flexibility index (Phi) is 6.31. The van der Waals surface area contributed by atoms with Gasteiger partial charge in [0.15, 0.2) is 0 Å². The first-order chi connectivity index (χ1) is 9.56. The zero-order valence-corrected chi connectivity index (χ0v) is 14.1. The molecule has 0 aromatic carbocycles. The van der Waals surface area contributed by atoms with Gasteiger partial charge in [-0.25, -0.2) is 0 Å². The summed E-state index contributed by atoms with van der Waals surface area (Å²) in [7, 11) is 4.61. The molecule has 1 saturated heterocycles. The van der Waals surface area contributed by atoms with Crippen LogP contribution < -0.4 is 5.32 Å². The molecular formula is C17H35N3. The van der Waals surface area contributed by atoms with Crippen molar-refractivity contribution in [2.45, 2.75) is 45.6 Å². The summed E-state index contributed by atoms with van der Waals surface area (Å²) in [5.41, 5.74) is 0. The highest BCUT2D eigenvalue weighted by Gasteiger charge is 2.34. The summed E-state index contributed by atoms with van der Waals surface area (Å²) in [6, 6.07) is 0.842. The summed E-state index contributed by atoms with van der Waals surface area (Å²) in [6.45, 7) is 10.9. The molecule has 2 unspecified atom stereocenters. The second-order valence-electron chi connectivity index (χ2n) is 7.64. The minimum atomic E-state index is 0.769. The van der Waals surface area contributed by atoms with Crippen molar-refractivity contribution in [2.75, 3.05) is 46.8 Å². The molecule has 1 N–H and O–H groups in total. The molecule has 1 aliphatic carbocycles. The first-order valence-electron chi connectivity index (χ1n) is 8.65. The molecule has 118 valence electrons. The normalized spacial score (nSPS) is 29.1. The summed E-state index contributed by atoms with van der Waals surface area (Å²) in [5, 5.41) is 3.65. The summed E-state index contributed by atoms with van der Waals surface area (Å²) in [4.78, 5) is 5.14. The molecule has 2 rings (SSSR count). The molecule has 1 heterocycles. The zero-order chi connectivity index (χ0) is 14.5. The third-order valence-corrected chi connectivity index (χ3v) is 5.29. The van der Waals surface area contributed by atoms with Crippen LogP contribution in [0.2, 0.25) is 0 Å². The maximum atomic E-state index is 3.65. The highest BCUT2D eigenvalue weighted by atomic mass is 15.2. The van der Waals surface area contributed by atoms with Gasteiger partial charge in [-0.05, 0) is 83.7 Å². The second-order valence-corrected chi connectivity index (χ2v) is 7.64. The molecule has 20 heavy (non-hydrogen) atoms. The SMILES string of the molecule is CC(C)CNCC1CCC1N(C)CC1CCN(C)CC1. The number of hydrogen-bond acceptors (Lipinski definition) is 3. The van der Waals surface area contributed by atoms with Crippen molar-refractivity contribution in [3.8, 4) is 0 Å². The van der Waals surface area contributed by atoms with Crippen LogP contribution in [-0.4, -0.2) is 62.7 Å². The summed E-state index contributed by atoms with van der Waals surface area (Å²) >= 11 is 0. The monoisotopic (exact) mass is 281 g/mol. The van der Waals surface area contributed by atoms with E-state index < -0.39 is 0 Å². The lowest BCUT2D eigenvalue weighted by atomic mass is 9.78. The average Bonchev–Trinajstić information content (AvgIpc) is 2.35. The van der Waals surface area contributed by atoms with E-state index in [0.717, 1.165) is 23.8 Å². The smallest absolute Gasteiger partial charge is 0.0133 e. The molecule has 0 amide bonds. The zero-order valence-electron chi connectivity index (χ0n) is 14.1. The van der Waals surface area contributed by atoms with Crippen molar-refractivity contribution < 1.29 is 0 Å². The first-order valence-corrected chi connectivity index (χ1v) is 8.65. The quantitative estimate of drug-likeness (QED) is 0.772. The number of hydrogen-bond donors (Lipinski definition) is 1. The topological polar surface area (TPSA) is 18.5 Å². The Hall–Kier alpha value is -0.120. The van der Waals surface area contributed by atoms with E-state index in [9.17, 15) is 0 Å². The van der Waals surface area contributed by atoms with Crippen LogP contribution in [0.1, 0.15) is 39.5 Å². The number of rotatable bonds is 7. The van der Waals surface area contributed by atoms with Crippen LogP contribution in [0.15, 0.2) is 0 Å². The van der Waals surface area contributed by atoms with Gasteiger partial charge in [-0.1, -0.05) is 13.8 Å². The number of nitrogens with zero attached hydrogens (tertiary/aromatic N) is 2. The standard InChI is InChI=1S/C17H35N3/c1-14(2)11-18-12-16-5-6-17(16)20(4)13-15-7-9-19(3)10-8-15/h14-18H,5-13H2,1-4H3. The summed E-state index contributed by atoms with van der Waals surface area (Å²) < 4.78 is 0. The van der Waals surface area contributed by atoms with Gasteiger partial charge < -0.3 is 15.1 Å². The van der Waals surface area contributed by atoms with Crippen LogP contribution in [0.4, 0.5) is 0 Å². The minimum absolute atomic E-state index is 0.769. The molecule has 0 bridgehead atoms. The highest BCUT2D eigenvalue weighted by molar-refractivity contribution is 4.90. The molecule has 1 aliphatic heterocycles. The predicted molar refractivity (Wildman–Crippen MR) is 87.1 cm³/mol. The van der Waals surface area contributed by atoms with Crippen LogP contribution >= 0.6 is 0 Å². The molecule has 2 fully saturated rings. The van der Waals surface area contributed by atoms with Gasteiger partial charge in [0.2, 0.25) is 0 Å². The molecule has 2 atom stereocenters. The van der Waals surface area contributed by atoms with E-state index in [4.69, 9.17) is 0 Å². The van der Waals surface area contributed by atoms with E-state index in [0.29, 0.717) is 0 Å². The van der Waals surface area contributed by atoms with Gasteiger partial charge in [0.1, 0.15) is 0 Å². The van der Waals surface area contributed by atoms with Gasteiger partial charge in [-0.2, -0.15) is 0 Å². The predicted octanol–water partition coefficient (Wildman–Crippen LogP) is 2.28. The molecule has 3 nitrogen and oxygen atoms in total. The van der Waals surface area contributed by atoms with Crippen molar-refractivity contribution in [1.29, 1.82) is 0 Å². The summed E-state index contributed by atoms with van der Waals surface area (Å²) in [5.74, 6) is 2.59. The van der Waals surface area contributed by atoms with Gasteiger partial charge in [0.05, 0.1) is 0 Å². The van der Waals surface area contributed by atoms with Gasteiger partial charge in [0.25, 0.3) is 0 Å². The molecule has 0 aromatic heterocycles. The van der Waals surface area contributed by atoms with Crippen molar-refractivity contribution in [1.82, 2.24) is 15.1 Å². The summed E-state index contributed by atoms with van der Waals surface area (Å²) in [6.07, 6.45) is 5.62. The lowest BCUT2D eigenvalue weighted by molar-refractivity contribution is 0.0594. The number of likely N-dealkylation sites (tertiary alicyclic amines) is 1. The molecule has 2 aliphatic rings. The Morgan fingerprint density at radius 1 is 1.15 bits per heavy atom. The van der Waals surface area contributed by atoms with Crippen molar-refractivity contribution in [2.24, 2.45) is 17.8 Å². The fraction of sp³-hybridized carbons (Fsp3) is 1.00. The Morgan fingerprint density at radius 3 is 2.40 bits per heavy atom. The molecule has 3 heteroatoms. The largest absolute Gasteiger partial charge is 0.316 e. The average molecular weight is 281 g/mol. The maximum absolute atomic E-state index is 3.65. The Morgan fingerprint density at radius 2 is 1.85 bits per heavy atom. The van der Waals surface area contributed by atoms with Crippen LogP contribution in [0, 0.1) is 17.8 Å². The number of piperidine rings is 1. The third-order valence-electron chi connectivity index (χ3n) is 5.29. The van der Waals surface area contributed by atoms with Crippen LogP contribution in [-0.2, 0) is 0 Å². The third kappa shape index (κ3) is 4.71. The van der Waals surface area contributed by atoms with Crippen molar-refractivity contribution >= 4 is 0 Å². The van der Waals surface area contributed by atoms with Gasteiger partial charge in [-0.3, -0.25) is 0 Å². The first kappa shape index (κ1) is 16.3. The van der Waals surface area contributed by atoms with Crippen LogP contribution in [0.3, 0.4) is 0 Å². The van der Waals surface area contributed by atoms with Gasteiger partial charge in [-0.15, -0.1) is 0 Å². The van der Waals surface area contributed by atoms with Crippen LogP contribution in [0.5, 0.6) is 0 Å². The van der Waals surface area contributed by atoms with Gasteiger partial charge in [0, 0.05) is 12.6 Å². The molecule has 0 aromatic rings.